The summed E-state index contributed by atoms with van der Waals surface area (Å²) >= 11 is 0. The highest BCUT2D eigenvalue weighted by molar-refractivity contribution is 5.78. The minimum Gasteiger partial charge on any atom is -0.496 e. The van der Waals surface area contributed by atoms with Crippen LogP contribution in [-0.2, 0) is 11.3 Å². The summed E-state index contributed by atoms with van der Waals surface area (Å²) in [6.45, 7) is 5.61. The zero-order valence-corrected chi connectivity index (χ0v) is 16.0. The Morgan fingerprint density at radius 3 is 2.50 bits per heavy atom. The Morgan fingerprint density at radius 2 is 1.85 bits per heavy atom. The molecule has 0 aliphatic carbocycles. The number of likely N-dealkylation sites (N-methyl/N-ethyl adjacent to an activating group) is 1. The van der Waals surface area contributed by atoms with Gasteiger partial charge in [0.2, 0.25) is 5.91 Å². The van der Waals surface area contributed by atoms with E-state index in [1.54, 1.807) is 7.11 Å². The van der Waals surface area contributed by atoms with E-state index in [4.69, 9.17) is 9.47 Å². The quantitative estimate of drug-likeness (QED) is 0.748. The lowest BCUT2D eigenvalue weighted by atomic mass is 10.1. The van der Waals surface area contributed by atoms with Crippen molar-refractivity contribution in [2.45, 2.75) is 26.4 Å². The summed E-state index contributed by atoms with van der Waals surface area (Å²) in [5.41, 5.74) is 2.11. The van der Waals surface area contributed by atoms with E-state index in [1.165, 1.54) is 0 Å². The second-order valence-corrected chi connectivity index (χ2v) is 6.28. The van der Waals surface area contributed by atoms with Gasteiger partial charge in [-0.2, -0.15) is 0 Å². The Hall–Kier alpha value is -2.53. The Bertz CT molecular complexity index is 701. The molecule has 1 amide bonds. The van der Waals surface area contributed by atoms with Gasteiger partial charge in [0.05, 0.1) is 26.3 Å². The van der Waals surface area contributed by atoms with Gasteiger partial charge < -0.3 is 14.8 Å². The zero-order valence-electron chi connectivity index (χ0n) is 16.0. The summed E-state index contributed by atoms with van der Waals surface area (Å²) in [6, 6.07) is 15.6. The third kappa shape index (κ3) is 5.77. The van der Waals surface area contributed by atoms with Crippen LogP contribution >= 0.6 is 0 Å². The first-order valence-electron chi connectivity index (χ1n) is 8.86. The van der Waals surface area contributed by atoms with Gasteiger partial charge in [0.25, 0.3) is 0 Å². The van der Waals surface area contributed by atoms with Gasteiger partial charge >= 0.3 is 0 Å². The standard InChI is InChI=1S/C21H28N2O3/c1-5-26-18-12-10-17(11-13-18)14-23(3)15-21(24)22-16(2)19-8-6-7-9-20(19)25-4/h6-13,16H,5,14-15H2,1-4H3,(H,22,24). The van der Waals surface area contributed by atoms with Crippen LogP contribution in [0.4, 0.5) is 0 Å². The molecule has 0 bridgehead atoms. The summed E-state index contributed by atoms with van der Waals surface area (Å²) < 4.78 is 10.8. The monoisotopic (exact) mass is 356 g/mol. The number of benzene rings is 2. The minimum absolute atomic E-state index is 0.0168. The number of nitrogens with one attached hydrogen (secondary N) is 1. The second kappa shape index (κ2) is 9.82. The van der Waals surface area contributed by atoms with Crippen LogP contribution in [-0.4, -0.2) is 38.1 Å². The van der Waals surface area contributed by atoms with Crippen molar-refractivity contribution < 1.29 is 14.3 Å². The second-order valence-electron chi connectivity index (χ2n) is 6.28. The maximum absolute atomic E-state index is 12.4. The number of carbonyl (C=O) groups is 1. The molecule has 0 saturated carbocycles. The molecule has 1 unspecified atom stereocenters. The van der Waals surface area contributed by atoms with Crippen LogP contribution in [0, 0.1) is 0 Å². The molecule has 140 valence electrons. The van der Waals surface area contributed by atoms with Gasteiger partial charge in [-0.05, 0) is 44.7 Å². The smallest absolute Gasteiger partial charge is 0.234 e. The predicted molar refractivity (Wildman–Crippen MR) is 103 cm³/mol. The van der Waals surface area contributed by atoms with Gasteiger partial charge in [0, 0.05) is 12.1 Å². The van der Waals surface area contributed by atoms with Crippen molar-refractivity contribution in [2.75, 3.05) is 27.3 Å². The van der Waals surface area contributed by atoms with Crippen LogP contribution < -0.4 is 14.8 Å². The topological polar surface area (TPSA) is 50.8 Å². The molecular formula is C21H28N2O3. The lowest BCUT2D eigenvalue weighted by Gasteiger charge is -2.20. The number of nitrogens with zero attached hydrogens (tertiary/aromatic N) is 1. The maximum Gasteiger partial charge on any atom is 0.234 e. The highest BCUT2D eigenvalue weighted by atomic mass is 16.5. The number of para-hydroxylation sites is 1. The van der Waals surface area contributed by atoms with Crippen molar-refractivity contribution >= 4 is 5.91 Å². The van der Waals surface area contributed by atoms with Crippen LogP contribution in [0.2, 0.25) is 0 Å². The van der Waals surface area contributed by atoms with E-state index in [0.717, 1.165) is 22.6 Å². The van der Waals surface area contributed by atoms with Crippen LogP contribution in [0.3, 0.4) is 0 Å². The lowest BCUT2D eigenvalue weighted by Crippen LogP contribution is -2.36. The molecular weight excluding hydrogens is 328 g/mol. The molecule has 26 heavy (non-hydrogen) atoms. The fourth-order valence-electron chi connectivity index (χ4n) is 2.86. The van der Waals surface area contributed by atoms with Crippen LogP contribution in [0.25, 0.3) is 0 Å². The van der Waals surface area contributed by atoms with E-state index in [0.29, 0.717) is 19.7 Å². The Balaban J connectivity index is 1.86. The van der Waals surface area contributed by atoms with E-state index in [2.05, 4.69) is 5.32 Å². The maximum atomic E-state index is 12.4. The van der Waals surface area contributed by atoms with Crippen molar-refractivity contribution in [3.8, 4) is 11.5 Å². The first kappa shape index (κ1) is 19.8. The SMILES string of the molecule is CCOc1ccc(CN(C)CC(=O)NC(C)c2ccccc2OC)cc1. The lowest BCUT2D eigenvalue weighted by molar-refractivity contribution is -0.122. The van der Waals surface area contributed by atoms with Gasteiger partial charge in [-0.15, -0.1) is 0 Å². The van der Waals surface area contributed by atoms with Crippen molar-refractivity contribution in [1.82, 2.24) is 10.2 Å². The molecule has 5 heteroatoms. The van der Waals surface area contributed by atoms with E-state index in [-0.39, 0.29) is 11.9 Å². The highest BCUT2D eigenvalue weighted by Gasteiger charge is 2.15. The minimum atomic E-state index is -0.113. The molecule has 0 fully saturated rings. The van der Waals surface area contributed by atoms with Gasteiger partial charge in [-0.3, -0.25) is 9.69 Å². The zero-order chi connectivity index (χ0) is 18.9. The number of carbonyl (C=O) groups excluding carboxylic acids is 1. The van der Waals surface area contributed by atoms with Crippen molar-refractivity contribution in [3.05, 3.63) is 59.7 Å². The molecule has 0 aromatic heterocycles. The molecule has 0 aliphatic heterocycles. The van der Waals surface area contributed by atoms with Crippen LogP contribution in [0.5, 0.6) is 11.5 Å². The average molecular weight is 356 g/mol. The summed E-state index contributed by atoms with van der Waals surface area (Å²) in [6.07, 6.45) is 0. The number of methoxy groups -OCH3 is 1. The molecule has 0 aliphatic rings. The van der Waals surface area contributed by atoms with Crippen LogP contribution in [0.1, 0.15) is 31.0 Å². The molecule has 2 aromatic carbocycles. The average Bonchev–Trinajstić information content (AvgIpc) is 2.63. The molecule has 1 N–H and O–H groups in total. The van der Waals surface area contributed by atoms with Crippen molar-refractivity contribution in [3.63, 3.8) is 0 Å². The molecule has 0 radical (unpaired) electrons. The molecule has 5 nitrogen and oxygen atoms in total. The molecule has 1 atom stereocenters. The molecule has 0 spiro atoms. The third-order valence-electron chi connectivity index (χ3n) is 4.08. The summed E-state index contributed by atoms with van der Waals surface area (Å²) in [7, 11) is 3.57. The molecule has 2 rings (SSSR count). The van der Waals surface area contributed by atoms with Crippen LogP contribution in [0.15, 0.2) is 48.5 Å². The highest BCUT2D eigenvalue weighted by Crippen LogP contribution is 2.24. The van der Waals surface area contributed by atoms with Crippen molar-refractivity contribution in [2.24, 2.45) is 0 Å². The Morgan fingerprint density at radius 1 is 1.15 bits per heavy atom. The number of amides is 1. The number of hydrogen-bond acceptors (Lipinski definition) is 4. The summed E-state index contributed by atoms with van der Waals surface area (Å²) in [5.74, 6) is 1.63. The number of ether oxygens (including phenoxy) is 2. The number of rotatable bonds is 9. The summed E-state index contributed by atoms with van der Waals surface area (Å²) in [4.78, 5) is 14.3. The normalized spacial score (nSPS) is 11.9. The predicted octanol–water partition coefficient (Wildman–Crippen LogP) is 3.40. The van der Waals surface area contributed by atoms with Gasteiger partial charge in [0.1, 0.15) is 11.5 Å². The molecule has 0 heterocycles. The first-order chi connectivity index (χ1) is 12.5. The van der Waals surface area contributed by atoms with Gasteiger partial charge in [-0.1, -0.05) is 30.3 Å². The Labute approximate surface area is 155 Å². The third-order valence-corrected chi connectivity index (χ3v) is 4.08. The fraction of sp³-hybridized carbons (Fsp3) is 0.381. The largest absolute Gasteiger partial charge is 0.496 e. The van der Waals surface area contributed by atoms with E-state index in [1.807, 2.05) is 74.3 Å². The Kier molecular flexibility index (Phi) is 7.48. The number of hydrogen-bond donors (Lipinski definition) is 1. The van der Waals surface area contributed by atoms with E-state index in [9.17, 15) is 4.79 Å². The van der Waals surface area contributed by atoms with Gasteiger partial charge in [0.15, 0.2) is 0 Å². The van der Waals surface area contributed by atoms with Crippen molar-refractivity contribution in [1.29, 1.82) is 0 Å². The molecule has 0 saturated heterocycles. The first-order valence-corrected chi connectivity index (χ1v) is 8.86. The summed E-state index contributed by atoms with van der Waals surface area (Å²) in [5, 5.41) is 3.03. The molecule has 2 aromatic rings. The van der Waals surface area contributed by atoms with Gasteiger partial charge in [-0.25, -0.2) is 0 Å². The van der Waals surface area contributed by atoms with E-state index >= 15 is 0 Å². The fourth-order valence-corrected chi connectivity index (χ4v) is 2.86. The van der Waals surface area contributed by atoms with E-state index < -0.39 is 0 Å².